The van der Waals surface area contributed by atoms with Crippen molar-refractivity contribution in [2.45, 2.75) is 31.9 Å². The SMILES string of the molecule is Cc1cc(C(=O)O)nc(N2CC3CC(c4cc(F)ccc4C(F)(F)F)CC3C2)n1. The molecule has 1 N–H and O–H groups in total. The van der Waals surface area contributed by atoms with Crippen LogP contribution in [-0.4, -0.2) is 34.1 Å². The predicted molar refractivity (Wildman–Crippen MR) is 96.3 cm³/mol. The van der Waals surface area contributed by atoms with Crippen LogP contribution < -0.4 is 4.90 Å². The number of halogens is 4. The van der Waals surface area contributed by atoms with Gasteiger partial charge in [-0.25, -0.2) is 19.2 Å². The third-order valence-corrected chi connectivity index (χ3v) is 5.85. The molecule has 0 amide bonds. The first-order valence-electron chi connectivity index (χ1n) is 9.32. The summed E-state index contributed by atoms with van der Waals surface area (Å²) in [5, 5.41) is 9.18. The number of rotatable bonds is 3. The highest BCUT2D eigenvalue weighted by molar-refractivity contribution is 5.85. The highest BCUT2D eigenvalue weighted by atomic mass is 19.4. The van der Waals surface area contributed by atoms with Crippen molar-refractivity contribution in [1.29, 1.82) is 0 Å². The summed E-state index contributed by atoms with van der Waals surface area (Å²) in [5.74, 6) is -1.57. The second kappa shape index (κ2) is 6.96. The van der Waals surface area contributed by atoms with E-state index in [0.717, 1.165) is 18.2 Å². The van der Waals surface area contributed by atoms with Crippen molar-refractivity contribution in [3.05, 3.63) is 52.6 Å². The number of hydrogen-bond donors (Lipinski definition) is 1. The number of fused-ring (bicyclic) bond motifs is 1. The van der Waals surface area contributed by atoms with Gasteiger partial charge in [0, 0.05) is 18.8 Å². The molecule has 154 valence electrons. The first kappa shape index (κ1) is 19.6. The predicted octanol–water partition coefficient (Wildman–Crippen LogP) is 4.27. The van der Waals surface area contributed by atoms with E-state index >= 15 is 0 Å². The van der Waals surface area contributed by atoms with Crippen LogP contribution in [0, 0.1) is 24.6 Å². The lowest BCUT2D eigenvalue weighted by Crippen LogP contribution is -2.25. The van der Waals surface area contributed by atoms with Crippen molar-refractivity contribution in [2.24, 2.45) is 11.8 Å². The molecule has 2 unspecified atom stereocenters. The average molecular weight is 409 g/mol. The quantitative estimate of drug-likeness (QED) is 0.767. The van der Waals surface area contributed by atoms with E-state index in [1.165, 1.54) is 6.07 Å². The van der Waals surface area contributed by atoms with E-state index in [2.05, 4.69) is 9.97 Å². The molecule has 4 rings (SSSR count). The molecule has 0 radical (unpaired) electrons. The minimum Gasteiger partial charge on any atom is -0.477 e. The van der Waals surface area contributed by atoms with E-state index in [9.17, 15) is 27.5 Å². The molecule has 1 saturated carbocycles. The number of alkyl halides is 3. The third kappa shape index (κ3) is 3.77. The number of carbonyl (C=O) groups is 1. The fourth-order valence-electron chi connectivity index (χ4n) is 4.65. The number of hydrogen-bond acceptors (Lipinski definition) is 4. The van der Waals surface area contributed by atoms with E-state index in [0.29, 0.717) is 37.6 Å². The summed E-state index contributed by atoms with van der Waals surface area (Å²) in [6.45, 7) is 2.77. The Bertz CT molecular complexity index is 949. The Morgan fingerprint density at radius 1 is 1.14 bits per heavy atom. The van der Waals surface area contributed by atoms with E-state index in [1.807, 2.05) is 4.90 Å². The highest BCUT2D eigenvalue weighted by Gasteiger charge is 2.45. The Morgan fingerprint density at radius 2 is 1.79 bits per heavy atom. The van der Waals surface area contributed by atoms with Crippen LogP contribution in [-0.2, 0) is 6.18 Å². The van der Waals surface area contributed by atoms with Gasteiger partial charge in [-0.3, -0.25) is 0 Å². The molecule has 9 heteroatoms. The van der Waals surface area contributed by atoms with Gasteiger partial charge in [-0.15, -0.1) is 0 Å². The minimum absolute atomic E-state index is 0.0263. The maximum absolute atomic E-state index is 13.7. The summed E-state index contributed by atoms with van der Waals surface area (Å²) in [6.07, 6.45) is -3.48. The Kier molecular flexibility index (Phi) is 4.71. The summed E-state index contributed by atoms with van der Waals surface area (Å²) in [5.41, 5.74) is -0.291. The lowest BCUT2D eigenvalue weighted by molar-refractivity contribution is -0.138. The molecule has 1 saturated heterocycles. The van der Waals surface area contributed by atoms with Crippen LogP contribution in [0.15, 0.2) is 24.3 Å². The molecule has 2 heterocycles. The third-order valence-electron chi connectivity index (χ3n) is 5.85. The Labute approximate surface area is 164 Å². The monoisotopic (exact) mass is 409 g/mol. The van der Waals surface area contributed by atoms with Gasteiger partial charge >= 0.3 is 12.1 Å². The maximum atomic E-state index is 13.7. The Morgan fingerprint density at radius 3 is 2.38 bits per heavy atom. The normalized spacial score (nSPS) is 24.0. The van der Waals surface area contributed by atoms with Gasteiger partial charge in [0.15, 0.2) is 5.69 Å². The van der Waals surface area contributed by atoms with Gasteiger partial charge < -0.3 is 10.0 Å². The number of aromatic nitrogens is 2. The second-order valence-corrected chi connectivity index (χ2v) is 7.82. The zero-order valence-electron chi connectivity index (χ0n) is 15.6. The number of carboxylic acid groups (broad SMARTS) is 1. The molecule has 1 aliphatic carbocycles. The summed E-state index contributed by atoms with van der Waals surface area (Å²) in [4.78, 5) is 21.5. The summed E-state index contributed by atoms with van der Waals surface area (Å²) in [6, 6.07) is 4.06. The largest absolute Gasteiger partial charge is 0.477 e. The van der Waals surface area contributed by atoms with Crippen LogP contribution in [0.3, 0.4) is 0 Å². The second-order valence-electron chi connectivity index (χ2n) is 7.82. The molecule has 0 spiro atoms. The molecule has 29 heavy (non-hydrogen) atoms. The van der Waals surface area contributed by atoms with E-state index < -0.39 is 23.5 Å². The van der Waals surface area contributed by atoms with Gasteiger partial charge in [0.2, 0.25) is 5.95 Å². The molecule has 2 fully saturated rings. The molecule has 2 atom stereocenters. The van der Waals surface area contributed by atoms with Crippen LogP contribution in [0.25, 0.3) is 0 Å². The van der Waals surface area contributed by atoms with E-state index in [4.69, 9.17) is 0 Å². The molecule has 1 aromatic heterocycles. The fourth-order valence-corrected chi connectivity index (χ4v) is 4.65. The van der Waals surface area contributed by atoms with E-state index in [-0.39, 0.29) is 29.0 Å². The molecule has 5 nitrogen and oxygen atoms in total. The number of carboxylic acids is 1. The Hall–Kier alpha value is -2.71. The molecule has 2 aliphatic rings. The summed E-state index contributed by atoms with van der Waals surface area (Å²) < 4.78 is 53.7. The minimum atomic E-state index is -4.52. The molecular weight excluding hydrogens is 390 g/mol. The van der Waals surface area contributed by atoms with Gasteiger partial charge in [-0.1, -0.05) is 0 Å². The number of nitrogens with zero attached hydrogens (tertiary/aromatic N) is 3. The van der Waals surface area contributed by atoms with E-state index in [1.54, 1.807) is 6.92 Å². The van der Waals surface area contributed by atoms with Gasteiger partial charge in [0.05, 0.1) is 5.56 Å². The van der Waals surface area contributed by atoms with Gasteiger partial charge in [-0.2, -0.15) is 13.2 Å². The first-order valence-corrected chi connectivity index (χ1v) is 9.32. The maximum Gasteiger partial charge on any atom is 0.416 e. The summed E-state index contributed by atoms with van der Waals surface area (Å²) >= 11 is 0. The highest BCUT2D eigenvalue weighted by Crippen LogP contribution is 2.49. The van der Waals surface area contributed by atoms with Crippen molar-refractivity contribution < 1.29 is 27.5 Å². The topological polar surface area (TPSA) is 66.3 Å². The van der Waals surface area contributed by atoms with Crippen LogP contribution in [0.5, 0.6) is 0 Å². The number of benzene rings is 1. The van der Waals surface area contributed by atoms with Gasteiger partial charge in [0.25, 0.3) is 0 Å². The Balaban J connectivity index is 1.53. The number of anilines is 1. The zero-order chi connectivity index (χ0) is 20.9. The van der Waals surface area contributed by atoms with Gasteiger partial charge in [0.1, 0.15) is 5.82 Å². The summed E-state index contributed by atoms with van der Waals surface area (Å²) in [7, 11) is 0. The van der Waals surface area contributed by atoms with Crippen LogP contribution in [0.4, 0.5) is 23.5 Å². The smallest absolute Gasteiger partial charge is 0.416 e. The zero-order valence-corrected chi connectivity index (χ0v) is 15.6. The van der Waals surface area contributed by atoms with Gasteiger partial charge in [-0.05, 0) is 67.3 Å². The van der Waals surface area contributed by atoms with Crippen LogP contribution in [0.1, 0.15) is 46.1 Å². The van der Waals surface area contributed by atoms with Crippen LogP contribution >= 0.6 is 0 Å². The standard InChI is InChI=1S/C20H19F4N3O2/c1-10-4-17(18(28)29)26-19(25-10)27-8-12-5-11(6-13(12)9-27)15-7-14(21)2-3-16(15)20(22,23)24/h2-4,7,11-13H,5-6,8-9H2,1H3,(H,28,29). The van der Waals surface area contributed by atoms with Crippen molar-refractivity contribution >= 4 is 11.9 Å². The lowest BCUT2D eigenvalue weighted by Gasteiger charge is -2.22. The molecule has 1 aliphatic heterocycles. The van der Waals surface area contributed by atoms with Crippen molar-refractivity contribution in [3.8, 4) is 0 Å². The van der Waals surface area contributed by atoms with Crippen molar-refractivity contribution in [1.82, 2.24) is 9.97 Å². The molecular formula is C20H19F4N3O2. The van der Waals surface area contributed by atoms with Crippen LogP contribution in [0.2, 0.25) is 0 Å². The first-order chi connectivity index (χ1) is 13.6. The average Bonchev–Trinajstić information content (AvgIpc) is 3.19. The van der Waals surface area contributed by atoms with Crippen molar-refractivity contribution in [3.63, 3.8) is 0 Å². The lowest BCUT2D eigenvalue weighted by atomic mass is 9.91. The fraction of sp³-hybridized carbons (Fsp3) is 0.450. The molecule has 2 aromatic rings. The van der Waals surface area contributed by atoms with Crippen molar-refractivity contribution in [2.75, 3.05) is 18.0 Å². The molecule has 1 aromatic carbocycles. The number of aryl methyl sites for hydroxylation is 1. The molecule has 0 bridgehead atoms. The number of aromatic carboxylic acids is 1.